The number of sulfonamides is 1. The third kappa shape index (κ3) is 6.45. The van der Waals surface area contributed by atoms with Gasteiger partial charge in [0.25, 0.3) is 0 Å². The van der Waals surface area contributed by atoms with E-state index in [2.05, 4.69) is 19.2 Å². The molecule has 1 aliphatic heterocycles. The molecule has 1 heterocycles. The molecule has 2 rings (SSSR count). The van der Waals surface area contributed by atoms with Crippen LogP contribution < -0.4 is 11.1 Å². The number of nitrogens with one attached hydrogen (secondary N) is 1. The molecule has 1 aliphatic rings. The van der Waals surface area contributed by atoms with Gasteiger partial charge < -0.3 is 11.1 Å². The quantitative estimate of drug-likeness (QED) is 0.711. The van der Waals surface area contributed by atoms with Crippen LogP contribution in [0.3, 0.4) is 0 Å². The SMILES string of the molecule is Cc1ccc(S(=O)(=O)N2CCCC(C(=O)NC(CN)CC(C)C)C2)cc1.Cl. The summed E-state index contributed by atoms with van der Waals surface area (Å²) in [6.07, 6.45) is 2.20. The van der Waals surface area contributed by atoms with E-state index in [4.69, 9.17) is 5.73 Å². The van der Waals surface area contributed by atoms with Crippen molar-refractivity contribution in [2.45, 2.75) is 51.0 Å². The lowest BCUT2D eigenvalue weighted by Crippen LogP contribution is -2.49. The molecule has 0 bridgehead atoms. The highest BCUT2D eigenvalue weighted by atomic mass is 35.5. The van der Waals surface area contributed by atoms with E-state index in [9.17, 15) is 13.2 Å². The third-order valence-electron chi connectivity index (χ3n) is 4.80. The summed E-state index contributed by atoms with van der Waals surface area (Å²) in [7, 11) is -3.57. The zero-order valence-corrected chi connectivity index (χ0v) is 18.0. The highest BCUT2D eigenvalue weighted by Gasteiger charge is 2.33. The van der Waals surface area contributed by atoms with E-state index < -0.39 is 10.0 Å². The maximum Gasteiger partial charge on any atom is 0.243 e. The molecule has 1 amide bonds. The average Bonchev–Trinajstić information content (AvgIpc) is 2.61. The molecule has 0 spiro atoms. The monoisotopic (exact) mass is 417 g/mol. The summed E-state index contributed by atoms with van der Waals surface area (Å²) in [6.45, 7) is 7.16. The van der Waals surface area contributed by atoms with E-state index in [1.165, 1.54) is 4.31 Å². The lowest BCUT2D eigenvalue weighted by Gasteiger charge is -2.32. The van der Waals surface area contributed by atoms with Crippen molar-refractivity contribution in [2.24, 2.45) is 17.6 Å². The molecule has 3 N–H and O–H groups in total. The molecule has 0 aliphatic carbocycles. The zero-order valence-electron chi connectivity index (χ0n) is 16.3. The Morgan fingerprint density at radius 1 is 1.30 bits per heavy atom. The Morgan fingerprint density at radius 3 is 2.48 bits per heavy atom. The van der Waals surface area contributed by atoms with E-state index >= 15 is 0 Å². The molecule has 0 radical (unpaired) electrons. The molecule has 1 fully saturated rings. The molecule has 0 saturated carbocycles. The van der Waals surface area contributed by atoms with E-state index in [0.717, 1.165) is 12.0 Å². The number of amides is 1. The van der Waals surface area contributed by atoms with Gasteiger partial charge >= 0.3 is 0 Å². The van der Waals surface area contributed by atoms with Crippen LogP contribution in [-0.2, 0) is 14.8 Å². The summed E-state index contributed by atoms with van der Waals surface area (Å²) in [5.74, 6) is 0.0173. The highest BCUT2D eigenvalue weighted by molar-refractivity contribution is 7.89. The highest BCUT2D eigenvalue weighted by Crippen LogP contribution is 2.24. The average molecular weight is 418 g/mol. The van der Waals surface area contributed by atoms with Crippen LogP contribution in [0.25, 0.3) is 0 Å². The van der Waals surface area contributed by atoms with E-state index in [1.807, 2.05) is 6.92 Å². The van der Waals surface area contributed by atoms with Crippen molar-refractivity contribution in [3.05, 3.63) is 29.8 Å². The van der Waals surface area contributed by atoms with E-state index in [0.29, 0.717) is 31.8 Å². The van der Waals surface area contributed by atoms with Crippen molar-refractivity contribution < 1.29 is 13.2 Å². The lowest BCUT2D eigenvalue weighted by atomic mass is 9.97. The molecule has 8 heteroatoms. The zero-order chi connectivity index (χ0) is 19.3. The van der Waals surface area contributed by atoms with Crippen molar-refractivity contribution in [3.63, 3.8) is 0 Å². The van der Waals surface area contributed by atoms with E-state index in [-0.39, 0.29) is 41.7 Å². The minimum absolute atomic E-state index is 0. The minimum atomic E-state index is -3.57. The molecule has 0 aromatic heterocycles. The second kappa shape index (κ2) is 10.4. The Bertz CT molecular complexity index is 707. The number of benzene rings is 1. The Morgan fingerprint density at radius 2 is 1.93 bits per heavy atom. The van der Waals surface area contributed by atoms with Gasteiger partial charge in [-0.2, -0.15) is 4.31 Å². The summed E-state index contributed by atoms with van der Waals surface area (Å²) >= 11 is 0. The van der Waals surface area contributed by atoms with Crippen LogP contribution >= 0.6 is 12.4 Å². The molecular formula is C19H32ClN3O3S. The number of piperidine rings is 1. The molecule has 27 heavy (non-hydrogen) atoms. The third-order valence-corrected chi connectivity index (χ3v) is 6.68. The number of carbonyl (C=O) groups is 1. The number of nitrogens with zero attached hydrogens (tertiary/aromatic N) is 1. The second-order valence-electron chi connectivity index (χ2n) is 7.59. The summed E-state index contributed by atoms with van der Waals surface area (Å²) in [4.78, 5) is 12.9. The molecular weight excluding hydrogens is 386 g/mol. The molecule has 2 unspecified atom stereocenters. The second-order valence-corrected chi connectivity index (χ2v) is 9.52. The van der Waals surface area contributed by atoms with Gasteiger partial charge in [0.2, 0.25) is 15.9 Å². The fraction of sp³-hybridized carbons (Fsp3) is 0.632. The Kier molecular flexibility index (Phi) is 9.21. The number of carbonyl (C=O) groups excluding carboxylic acids is 1. The maximum atomic E-state index is 12.9. The predicted molar refractivity (Wildman–Crippen MR) is 110 cm³/mol. The Hall–Kier alpha value is -1.15. The lowest BCUT2D eigenvalue weighted by molar-refractivity contribution is -0.126. The number of hydrogen-bond acceptors (Lipinski definition) is 4. The molecule has 2 atom stereocenters. The van der Waals surface area contributed by atoms with Gasteiger partial charge in [0, 0.05) is 25.7 Å². The predicted octanol–water partition coefficient (Wildman–Crippen LogP) is 2.31. The van der Waals surface area contributed by atoms with Crippen molar-refractivity contribution in [3.8, 4) is 0 Å². The van der Waals surface area contributed by atoms with Crippen LogP contribution in [-0.4, -0.2) is 44.3 Å². The molecule has 1 aromatic carbocycles. The van der Waals surface area contributed by atoms with Crippen LogP contribution in [0.2, 0.25) is 0 Å². The van der Waals surface area contributed by atoms with Crippen molar-refractivity contribution >= 4 is 28.3 Å². The van der Waals surface area contributed by atoms with Crippen molar-refractivity contribution in [1.82, 2.24) is 9.62 Å². The normalized spacial score (nSPS) is 19.4. The summed E-state index contributed by atoms with van der Waals surface area (Å²) in [5.41, 5.74) is 6.77. The van der Waals surface area contributed by atoms with E-state index in [1.54, 1.807) is 24.3 Å². The van der Waals surface area contributed by atoms with Gasteiger partial charge in [0.15, 0.2) is 0 Å². The first kappa shape index (κ1) is 23.9. The van der Waals surface area contributed by atoms with Crippen LogP contribution in [0.1, 0.15) is 38.7 Å². The number of aryl methyl sites for hydroxylation is 1. The number of hydrogen-bond donors (Lipinski definition) is 2. The van der Waals surface area contributed by atoms with Gasteiger partial charge in [-0.15, -0.1) is 12.4 Å². The largest absolute Gasteiger partial charge is 0.352 e. The molecule has 6 nitrogen and oxygen atoms in total. The summed E-state index contributed by atoms with van der Waals surface area (Å²) in [6, 6.07) is 6.77. The first-order valence-corrected chi connectivity index (χ1v) is 10.7. The number of nitrogens with two attached hydrogens (primary N) is 1. The standard InChI is InChI=1S/C19H31N3O3S.ClH/c1-14(2)11-17(12-20)21-19(23)16-5-4-10-22(13-16)26(24,25)18-8-6-15(3)7-9-18;/h6-9,14,16-17H,4-5,10-13,20H2,1-3H3,(H,21,23);1H. The van der Waals surface area contributed by atoms with Gasteiger partial charge in [-0.3, -0.25) is 4.79 Å². The Labute approximate surface area is 169 Å². The van der Waals surface area contributed by atoms with Gasteiger partial charge in [0.05, 0.1) is 10.8 Å². The molecule has 1 saturated heterocycles. The molecule has 1 aromatic rings. The number of halogens is 1. The van der Waals surface area contributed by atoms with Gasteiger partial charge in [-0.25, -0.2) is 8.42 Å². The van der Waals surface area contributed by atoms with Crippen LogP contribution in [0.15, 0.2) is 29.2 Å². The van der Waals surface area contributed by atoms with Crippen LogP contribution in [0, 0.1) is 18.8 Å². The smallest absolute Gasteiger partial charge is 0.243 e. The van der Waals surface area contributed by atoms with Gasteiger partial charge in [-0.05, 0) is 44.2 Å². The van der Waals surface area contributed by atoms with Crippen molar-refractivity contribution in [2.75, 3.05) is 19.6 Å². The first-order chi connectivity index (χ1) is 12.2. The van der Waals surface area contributed by atoms with Crippen LogP contribution in [0.5, 0.6) is 0 Å². The van der Waals surface area contributed by atoms with Crippen LogP contribution in [0.4, 0.5) is 0 Å². The minimum Gasteiger partial charge on any atom is -0.352 e. The summed E-state index contributed by atoms with van der Waals surface area (Å²) in [5, 5.41) is 3.00. The fourth-order valence-electron chi connectivity index (χ4n) is 3.34. The number of rotatable bonds is 7. The fourth-order valence-corrected chi connectivity index (χ4v) is 4.86. The maximum absolute atomic E-state index is 12.9. The Balaban J connectivity index is 0.00000364. The topological polar surface area (TPSA) is 92.5 Å². The van der Waals surface area contributed by atoms with Gasteiger partial charge in [0.1, 0.15) is 0 Å². The van der Waals surface area contributed by atoms with Gasteiger partial charge in [-0.1, -0.05) is 31.5 Å². The van der Waals surface area contributed by atoms with Crippen molar-refractivity contribution in [1.29, 1.82) is 0 Å². The summed E-state index contributed by atoms with van der Waals surface area (Å²) < 4.78 is 27.2. The first-order valence-electron chi connectivity index (χ1n) is 9.31. The molecule has 154 valence electrons.